The van der Waals surface area contributed by atoms with Gasteiger partial charge >= 0.3 is 0 Å². The maximum absolute atomic E-state index is 13.5. The highest BCUT2D eigenvalue weighted by molar-refractivity contribution is 7.89. The van der Waals surface area contributed by atoms with Crippen LogP contribution >= 0.6 is 11.3 Å². The first-order valence-electron chi connectivity index (χ1n) is 11.2. The van der Waals surface area contributed by atoms with E-state index in [9.17, 15) is 23.1 Å². The number of nitrogens with one attached hydrogen (secondary N) is 3. The molecule has 0 bridgehead atoms. The van der Waals surface area contributed by atoms with Crippen molar-refractivity contribution in [1.82, 2.24) is 29.8 Å². The number of hydrogen-bond donors (Lipinski definition) is 4. The van der Waals surface area contributed by atoms with Crippen LogP contribution < -0.4 is 10.6 Å². The van der Waals surface area contributed by atoms with Crippen LogP contribution in [0.15, 0.2) is 29.3 Å². The van der Waals surface area contributed by atoms with Crippen molar-refractivity contribution in [1.29, 1.82) is 0 Å². The van der Waals surface area contributed by atoms with Crippen molar-refractivity contribution in [2.24, 2.45) is 0 Å². The van der Waals surface area contributed by atoms with Crippen molar-refractivity contribution < 1.29 is 23.1 Å². The molecule has 2 amide bonds. The molecule has 2 aromatic heterocycles. The van der Waals surface area contributed by atoms with Crippen LogP contribution in [0.4, 0.5) is 0 Å². The average Bonchev–Trinajstić information content (AvgIpc) is 3.51. The second-order valence-corrected chi connectivity index (χ2v) is 11.6. The molecule has 5 rings (SSSR count). The summed E-state index contributed by atoms with van der Waals surface area (Å²) in [4.78, 5) is 35.6. The number of rotatable bonds is 4. The first kappa shape index (κ1) is 24.4. The average molecular weight is 529 g/mol. The van der Waals surface area contributed by atoms with Gasteiger partial charge in [0, 0.05) is 61.0 Å². The number of H-pyrrole nitrogens is 1. The fourth-order valence-electron chi connectivity index (χ4n) is 4.45. The molecule has 13 heteroatoms. The van der Waals surface area contributed by atoms with Gasteiger partial charge in [0.05, 0.1) is 5.69 Å². The quantitative estimate of drug-likeness (QED) is 0.344. The van der Waals surface area contributed by atoms with E-state index >= 15 is 0 Å². The molecule has 4 heterocycles. The van der Waals surface area contributed by atoms with Gasteiger partial charge < -0.3 is 20.3 Å². The van der Waals surface area contributed by atoms with Crippen molar-refractivity contribution >= 4 is 44.1 Å². The Bertz CT molecular complexity index is 1500. The van der Waals surface area contributed by atoms with Gasteiger partial charge in [-0.3, -0.25) is 14.9 Å². The minimum absolute atomic E-state index is 0.0118. The SMILES string of the molecule is C#Cc1ccc2[nH]c(S(=O)(=O)N3CCN(C(=O)c4nc5c(s4)CNC(O)C5)C(C(=O)NC)C3)cc2c1. The summed E-state index contributed by atoms with van der Waals surface area (Å²) in [6.45, 7) is 0.227. The zero-order valence-corrected chi connectivity index (χ0v) is 20.9. The first-order valence-corrected chi connectivity index (χ1v) is 13.5. The van der Waals surface area contributed by atoms with Crippen LogP contribution in [0.2, 0.25) is 0 Å². The highest BCUT2D eigenvalue weighted by Gasteiger charge is 2.41. The van der Waals surface area contributed by atoms with Gasteiger partial charge in [-0.1, -0.05) is 5.92 Å². The number of nitrogens with zero attached hydrogens (tertiary/aromatic N) is 3. The van der Waals surface area contributed by atoms with Gasteiger partial charge in [0.1, 0.15) is 17.3 Å². The van der Waals surface area contributed by atoms with Crippen LogP contribution in [-0.4, -0.2) is 83.5 Å². The van der Waals surface area contributed by atoms with Crippen LogP contribution in [0.1, 0.15) is 25.9 Å². The number of carbonyl (C=O) groups excluding carboxylic acids is 2. The molecule has 1 aromatic carbocycles. The topological polar surface area (TPSA) is 148 Å². The van der Waals surface area contributed by atoms with E-state index in [0.29, 0.717) is 28.7 Å². The van der Waals surface area contributed by atoms with E-state index in [1.54, 1.807) is 18.2 Å². The molecule has 11 nitrogen and oxygen atoms in total. The van der Waals surface area contributed by atoms with Gasteiger partial charge in [0.15, 0.2) is 5.01 Å². The predicted octanol–water partition coefficient (Wildman–Crippen LogP) is -0.169. The Morgan fingerprint density at radius 3 is 2.86 bits per heavy atom. The van der Waals surface area contributed by atoms with Crippen molar-refractivity contribution in [2.45, 2.75) is 30.3 Å². The second kappa shape index (κ2) is 9.30. The number of aromatic amines is 1. The third-order valence-corrected chi connectivity index (χ3v) is 9.25. The van der Waals surface area contributed by atoms with Gasteiger partial charge in [-0.15, -0.1) is 17.8 Å². The third kappa shape index (κ3) is 4.27. The highest BCUT2D eigenvalue weighted by atomic mass is 32.2. The molecule has 0 spiro atoms. The summed E-state index contributed by atoms with van der Waals surface area (Å²) in [5.74, 6) is 1.61. The number of terminal acetylenes is 1. The number of benzene rings is 1. The van der Waals surface area contributed by atoms with Crippen LogP contribution in [0.5, 0.6) is 0 Å². The van der Waals surface area contributed by atoms with E-state index in [0.717, 1.165) is 4.88 Å². The van der Waals surface area contributed by atoms with Crippen molar-refractivity contribution in [2.75, 3.05) is 26.7 Å². The van der Waals surface area contributed by atoms with E-state index in [4.69, 9.17) is 6.42 Å². The minimum Gasteiger partial charge on any atom is -0.378 e. The van der Waals surface area contributed by atoms with Crippen LogP contribution in [0, 0.1) is 12.3 Å². The fourth-order valence-corrected chi connectivity index (χ4v) is 6.89. The number of aromatic nitrogens is 2. The smallest absolute Gasteiger partial charge is 0.283 e. The number of fused-ring (bicyclic) bond motifs is 2. The summed E-state index contributed by atoms with van der Waals surface area (Å²) in [5.41, 5.74) is 1.90. The number of piperazine rings is 1. The number of thiazole rings is 1. The number of sulfonamides is 1. The van der Waals surface area contributed by atoms with Crippen LogP contribution in [0.25, 0.3) is 10.9 Å². The molecule has 2 unspecified atom stereocenters. The van der Waals surface area contributed by atoms with E-state index in [1.165, 1.54) is 33.7 Å². The van der Waals surface area contributed by atoms with Crippen molar-refractivity contribution in [3.8, 4) is 12.3 Å². The van der Waals surface area contributed by atoms with Crippen molar-refractivity contribution in [3.05, 3.63) is 45.4 Å². The lowest BCUT2D eigenvalue weighted by atomic mass is 10.1. The van der Waals surface area contributed by atoms with Crippen LogP contribution in [0.3, 0.4) is 0 Å². The molecule has 0 radical (unpaired) electrons. The Labute approximate surface area is 211 Å². The number of amides is 2. The molecule has 2 atom stereocenters. The zero-order valence-electron chi connectivity index (χ0n) is 19.3. The van der Waals surface area contributed by atoms with Gasteiger partial charge in [0.25, 0.3) is 15.9 Å². The minimum atomic E-state index is -3.98. The summed E-state index contributed by atoms with van der Waals surface area (Å²) in [6, 6.07) is 5.63. The van der Waals surface area contributed by atoms with E-state index in [2.05, 4.69) is 26.5 Å². The lowest BCUT2D eigenvalue weighted by molar-refractivity contribution is -0.126. The molecule has 2 aliphatic rings. The molecule has 0 aliphatic carbocycles. The number of aliphatic hydroxyl groups is 1. The molecule has 0 saturated carbocycles. The fraction of sp³-hybridized carbons (Fsp3) is 0.348. The van der Waals surface area contributed by atoms with Crippen LogP contribution in [-0.2, 0) is 27.8 Å². The van der Waals surface area contributed by atoms with Gasteiger partial charge in [-0.25, -0.2) is 13.4 Å². The predicted molar refractivity (Wildman–Crippen MR) is 133 cm³/mol. The number of hydrogen-bond acceptors (Lipinski definition) is 8. The molecule has 4 N–H and O–H groups in total. The molecule has 36 heavy (non-hydrogen) atoms. The number of aliphatic hydroxyl groups excluding tert-OH is 1. The van der Waals surface area contributed by atoms with E-state index in [-0.39, 0.29) is 36.1 Å². The first-order chi connectivity index (χ1) is 17.2. The number of likely N-dealkylation sites (N-methyl/N-ethyl adjacent to an activating group) is 1. The lowest BCUT2D eigenvalue weighted by Gasteiger charge is -2.39. The zero-order chi connectivity index (χ0) is 25.6. The normalized spacial score (nSPS) is 20.6. The molecule has 188 valence electrons. The molecule has 3 aromatic rings. The monoisotopic (exact) mass is 528 g/mol. The Balaban J connectivity index is 1.40. The Morgan fingerprint density at radius 1 is 1.31 bits per heavy atom. The summed E-state index contributed by atoms with van der Waals surface area (Å²) in [5, 5.41) is 16.1. The molecule has 1 fully saturated rings. The maximum atomic E-state index is 13.5. The maximum Gasteiger partial charge on any atom is 0.283 e. The van der Waals surface area contributed by atoms with Gasteiger partial charge in [-0.2, -0.15) is 4.31 Å². The van der Waals surface area contributed by atoms with E-state index < -0.39 is 34.1 Å². The molecule has 1 saturated heterocycles. The lowest BCUT2D eigenvalue weighted by Crippen LogP contribution is -2.61. The largest absolute Gasteiger partial charge is 0.378 e. The molecular formula is C23H24N6O5S2. The standard InChI is InChI=1S/C23H24N6O5S2/c1-3-13-4-5-15-14(8-13)9-20(26-15)36(33,34)28-6-7-29(17(12-28)21(31)24-2)23(32)22-27-16-10-19(30)25-11-18(16)35-22/h1,4-5,8-9,17,19,25-26,30H,6-7,10-12H2,2H3,(H,24,31). The Hall–Kier alpha value is -3.28. The Kier molecular flexibility index (Phi) is 6.31. The highest BCUT2D eigenvalue weighted by Crippen LogP contribution is 2.28. The molecule has 2 aliphatic heterocycles. The summed E-state index contributed by atoms with van der Waals surface area (Å²) in [6.07, 6.45) is 5.01. The Morgan fingerprint density at radius 2 is 2.11 bits per heavy atom. The van der Waals surface area contributed by atoms with Gasteiger partial charge in [0.2, 0.25) is 5.91 Å². The number of carbonyl (C=O) groups is 2. The summed E-state index contributed by atoms with van der Waals surface area (Å²) >= 11 is 1.21. The van der Waals surface area contributed by atoms with Crippen molar-refractivity contribution in [3.63, 3.8) is 0 Å². The second-order valence-electron chi connectivity index (χ2n) is 8.56. The molecular weight excluding hydrogens is 504 g/mol. The summed E-state index contributed by atoms with van der Waals surface area (Å²) < 4.78 is 28.1. The third-order valence-electron chi connectivity index (χ3n) is 6.38. The summed E-state index contributed by atoms with van der Waals surface area (Å²) in [7, 11) is -2.54. The van der Waals surface area contributed by atoms with E-state index in [1.807, 2.05) is 0 Å². The van der Waals surface area contributed by atoms with Gasteiger partial charge in [-0.05, 0) is 24.3 Å².